The smallest absolute Gasteiger partial charge is 0.199 e. The average molecular weight is 127 g/mol. The van der Waals surface area contributed by atoms with Crippen molar-refractivity contribution in [3.63, 3.8) is 0 Å². The molecule has 0 aromatic heterocycles. The second-order valence-electron chi connectivity index (χ2n) is 2.00. The molecule has 0 radical (unpaired) electrons. The third-order valence-electron chi connectivity index (χ3n) is 1.34. The summed E-state index contributed by atoms with van der Waals surface area (Å²) in [5.41, 5.74) is 0. The van der Waals surface area contributed by atoms with Crippen molar-refractivity contribution in [2.75, 3.05) is 0 Å². The molecule has 0 aliphatic heterocycles. The van der Waals surface area contributed by atoms with Crippen molar-refractivity contribution in [3.8, 4) is 0 Å². The summed E-state index contributed by atoms with van der Waals surface area (Å²) in [6, 6.07) is 0. The number of allylic oxidation sites excluding steroid dienone is 2. The summed E-state index contributed by atoms with van der Waals surface area (Å²) in [5.74, 6) is 5.14. The monoisotopic (exact) mass is 127 g/mol. The summed E-state index contributed by atoms with van der Waals surface area (Å²) in [6.45, 7) is 0. The van der Waals surface area contributed by atoms with Crippen molar-refractivity contribution in [3.05, 3.63) is 11.8 Å². The van der Waals surface area contributed by atoms with Crippen LogP contribution < -0.4 is 5.90 Å². The van der Waals surface area contributed by atoms with Crippen LogP contribution in [0.25, 0.3) is 0 Å². The van der Waals surface area contributed by atoms with Crippen LogP contribution in [0.3, 0.4) is 0 Å². The van der Waals surface area contributed by atoms with Gasteiger partial charge in [0.1, 0.15) is 0 Å². The first kappa shape index (κ1) is 6.29. The first-order valence-corrected chi connectivity index (χ1v) is 2.94. The molecule has 0 unspecified atom stereocenters. The van der Waals surface area contributed by atoms with Crippen molar-refractivity contribution >= 4 is 5.78 Å². The second kappa shape index (κ2) is 2.64. The van der Waals surface area contributed by atoms with Gasteiger partial charge in [-0.1, -0.05) is 0 Å². The zero-order chi connectivity index (χ0) is 6.69. The Morgan fingerprint density at radius 3 is 2.89 bits per heavy atom. The highest BCUT2D eigenvalue weighted by atomic mass is 16.6. The number of Topliss-reactive ketones (excluding diaryl/α,β-unsaturated/α-hetero) is 1. The van der Waals surface area contributed by atoms with E-state index in [0.29, 0.717) is 12.2 Å². The molecule has 0 spiro atoms. The number of nitrogens with two attached hydrogens (primary N) is 1. The number of hydrogen-bond acceptors (Lipinski definition) is 3. The van der Waals surface area contributed by atoms with E-state index in [2.05, 4.69) is 4.84 Å². The molecule has 1 rings (SSSR count). The summed E-state index contributed by atoms with van der Waals surface area (Å²) >= 11 is 0. The molecule has 0 saturated heterocycles. The van der Waals surface area contributed by atoms with Gasteiger partial charge in [-0.3, -0.25) is 4.79 Å². The zero-order valence-electron chi connectivity index (χ0n) is 5.09. The van der Waals surface area contributed by atoms with Crippen LogP contribution in [-0.4, -0.2) is 5.78 Å². The number of rotatable bonds is 1. The van der Waals surface area contributed by atoms with E-state index < -0.39 is 0 Å². The molecule has 1 aliphatic carbocycles. The van der Waals surface area contributed by atoms with Crippen molar-refractivity contribution in [2.24, 2.45) is 5.90 Å². The van der Waals surface area contributed by atoms with Crippen LogP contribution in [0.15, 0.2) is 11.8 Å². The standard InChI is InChI=1S/C6H9NO2/c7-9-6-4-2-1-3-5(6)8/h4H,1-3,7H2. The van der Waals surface area contributed by atoms with E-state index in [1.165, 1.54) is 0 Å². The Kier molecular flexibility index (Phi) is 1.85. The van der Waals surface area contributed by atoms with Crippen molar-refractivity contribution < 1.29 is 9.63 Å². The number of ketones is 1. The number of hydrogen-bond donors (Lipinski definition) is 1. The maximum absolute atomic E-state index is 10.8. The molecule has 50 valence electrons. The van der Waals surface area contributed by atoms with Crippen LogP contribution in [-0.2, 0) is 9.63 Å². The first-order chi connectivity index (χ1) is 4.34. The lowest BCUT2D eigenvalue weighted by atomic mass is 10.1. The fourth-order valence-corrected chi connectivity index (χ4v) is 0.847. The van der Waals surface area contributed by atoms with Gasteiger partial charge in [0.2, 0.25) is 0 Å². The highest BCUT2D eigenvalue weighted by Crippen LogP contribution is 2.12. The molecule has 0 atom stereocenters. The summed E-state index contributed by atoms with van der Waals surface area (Å²) in [6.07, 6.45) is 4.12. The molecule has 0 fully saturated rings. The topological polar surface area (TPSA) is 52.3 Å². The third-order valence-corrected chi connectivity index (χ3v) is 1.34. The summed E-state index contributed by atoms with van der Waals surface area (Å²) in [7, 11) is 0. The molecule has 9 heavy (non-hydrogen) atoms. The Bertz CT molecular complexity index is 151. The van der Waals surface area contributed by atoms with E-state index in [0.717, 1.165) is 12.8 Å². The van der Waals surface area contributed by atoms with Gasteiger partial charge in [-0.15, -0.1) is 0 Å². The lowest BCUT2D eigenvalue weighted by Crippen LogP contribution is -2.12. The van der Waals surface area contributed by atoms with Crippen molar-refractivity contribution in [1.82, 2.24) is 0 Å². The van der Waals surface area contributed by atoms with Crippen molar-refractivity contribution in [1.29, 1.82) is 0 Å². The Balaban J connectivity index is 2.64. The zero-order valence-corrected chi connectivity index (χ0v) is 5.09. The minimum absolute atomic E-state index is 0.0174. The lowest BCUT2D eigenvalue weighted by molar-refractivity contribution is -0.119. The van der Waals surface area contributed by atoms with Gasteiger partial charge in [0, 0.05) is 6.42 Å². The van der Waals surface area contributed by atoms with Gasteiger partial charge in [0.15, 0.2) is 11.5 Å². The average Bonchev–Trinajstić information content (AvgIpc) is 1.89. The Morgan fingerprint density at radius 2 is 2.44 bits per heavy atom. The van der Waals surface area contributed by atoms with Crippen LogP contribution in [0.2, 0.25) is 0 Å². The van der Waals surface area contributed by atoms with Gasteiger partial charge in [0.05, 0.1) is 0 Å². The lowest BCUT2D eigenvalue weighted by Gasteiger charge is -2.07. The molecular weight excluding hydrogens is 118 g/mol. The molecule has 0 bridgehead atoms. The first-order valence-electron chi connectivity index (χ1n) is 2.94. The second-order valence-corrected chi connectivity index (χ2v) is 2.00. The summed E-state index contributed by atoms with van der Waals surface area (Å²) in [4.78, 5) is 15.1. The molecule has 3 heteroatoms. The van der Waals surface area contributed by atoms with E-state index in [9.17, 15) is 4.79 Å². The van der Waals surface area contributed by atoms with Crippen LogP contribution in [0.1, 0.15) is 19.3 Å². The molecule has 0 aromatic carbocycles. The van der Waals surface area contributed by atoms with Gasteiger partial charge in [0.25, 0.3) is 0 Å². The Hall–Kier alpha value is -0.830. The molecule has 0 amide bonds. The predicted molar refractivity (Wildman–Crippen MR) is 32.2 cm³/mol. The van der Waals surface area contributed by atoms with E-state index in [4.69, 9.17) is 5.90 Å². The van der Waals surface area contributed by atoms with Gasteiger partial charge < -0.3 is 4.84 Å². The fourth-order valence-electron chi connectivity index (χ4n) is 0.847. The van der Waals surface area contributed by atoms with Crippen molar-refractivity contribution in [2.45, 2.75) is 19.3 Å². The Labute approximate surface area is 53.4 Å². The fraction of sp³-hybridized carbons (Fsp3) is 0.500. The quantitative estimate of drug-likeness (QED) is 0.522. The molecule has 2 N–H and O–H groups in total. The van der Waals surface area contributed by atoms with E-state index in [1.54, 1.807) is 6.08 Å². The van der Waals surface area contributed by atoms with Crippen LogP contribution in [0, 0.1) is 0 Å². The molecule has 0 aromatic rings. The molecule has 3 nitrogen and oxygen atoms in total. The maximum Gasteiger partial charge on any atom is 0.199 e. The van der Waals surface area contributed by atoms with Gasteiger partial charge in [-0.2, -0.15) is 5.90 Å². The number of carbonyl (C=O) groups excluding carboxylic acids is 1. The highest BCUT2D eigenvalue weighted by molar-refractivity contribution is 5.93. The highest BCUT2D eigenvalue weighted by Gasteiger charge is 2.13. The predicted octanol–water partition coefficient (Wildman–Crippen LogP) is 0.514. The van der Waals surface area contributed by atoms with Gasteiger partial charge >= 0.3 is 0 Å². The minimum atomic E-state index is 0.0174. The summed E-state index contributed by atoms with van der Waals surface area (Å²) < 4.78 is 0. The van der Waals surface area contributed by atoms with E-state index >= 15 is 0 Å². The molecule has 0 saturated carbocycles. The summed E-state index contributed by atoms with van der Waals surface area (Å²) in [5, 5.41) is 0. The van der Waals surface area contributed by atoms with Gasteiger partial charge in [-0.05, 0) is 18.9 Å². The Morgan fingerprint density at radius 1 is 1.67 bits per heavy atom. The van der Waals surface area contributed by atoms with Gasteiger partial charge in [-0.25, -0.2) is 0 Å². The normalized spacial score (nSPS) is 19.2. The molecule has 0 heterocycles. The van der Waals surface area contributed by atoms with Crippen LogP contribution in [0.4, 0.5) is 0 Å². The minimum Gasteiger partial charge on any atom is -0.408 e. The van der Waals surface area contributed by atoms with E-state index in [1.807, 2.05) is 0 Å². The molecule has 1 aliphatic rings. The van der Waals surface area contributed by atoms with Crippen LogP contribution >= 0.6 is 0 Å². The number of carbonyl (C=O) groups is 1. The largest absolute Gasteiger partial charge is 0.408 e. The third kappa shape index (κ3) is 1.29. The SMILES string of the molecule is NOC1=CCCCC1=O. The maximum atomic E-state index is 10.8. The van der Waals surface area contributed by atoms with E-state index in [-0.39, 0.29) is 5.78 Å². The molecular formula is C6H9NO2. The van der Waals surface area contributed by atoms with Crippen LogP contribution in [0.5, 0.6) is 0 Å².